The van der Waals surface area contributed by atoms with Gasteiger partial charge in [0, 0.05) is 0 Å². The molecule has 0 radical (unpaired) electrons. The van der Waals surface area contributed by atoms with Crippen molar-refractivity contribution in [2.75, 3.05) is 0 Å². The van der Waals surface area contributed by atoms with E-state index in [2.05, 4.69) is 47.6 Å². The Morgan fingerprint density at radius 3 is 2.48 bits per heavy atom. The van der Waals surface area contributed by atoms with E-state index in [0.29, 0.717) is 16.7 Å². The molecule has 0 bridgehead atoms. The van der Waals surface area contributed by atoms with Gasteiger partial charge in [0.1, 0.15) is 0 Å². The Kier molecular flexibility index (Phi) is 6.04. The van der Waals surface area contributed by atoms with E-state index in [-0.39, 0.29) is 6.10 Å². The molecule has 0 aromatic rings. The highest BCUT2D eigenvalue weighted by Gasteiger charge is 2.58. The molecule has 4 rings (SSSR count). The zero-order valence-electron chi connectivity index (χ0n) is 20.2. The molecule has 4 aliphatic rings. The Hall–Kier alpha value is -0.300. The van der Waals surface area contributed by atoms with E-state index in [1.54, 1.807) is 0 Å². The van der Waals surface area contributed by atoms with Gasteiger partial charge in [0.05, 0.1) is 6.10 Å². The Labute approximate surface area is 181 Å². The Morgan fingerprint density at radius 2 is 1.76 bits per heavy atom. The van der Waals surface area contributed by atoms with Gasteiger partial charge >= 0.3 is 0 Å². The van der Waals surface area contributed by atoms with Crippen LogP contribution >= 0.6 is 0 Å². The second-order valence-corrected chi connectivity index (χ2v) is 12.7. The number of hydrogen-bond acceptors (Lipinski definition) is 1. The molecule has 0 unspecified atom stereocenters. The van der Waals surface area contributed by atoms with E-state index in [4.69, 9.17) is 0 Å². The summed E-state index contributed by atoms with van der Waals surface area (Å²) in [6.45, 7) is 14.6. The highest BCUT2D eigenvalue weighted by Crippen LogP contribution is 2.67. The van der Waals surface area contributed by atoms with Gasteiger partial charge in [0.2, 0.25) is 0 Å². The summed E-state index contributed by atoms with van der Waals surface area (Å²) in [5.41, 5.74) is 2.90. The van der Waals surface area contributed by atoms with Gasteiger partial charge in [-0.05, 0) is 116 Å². The third-order valence-corrected chi connectivity index (χ3v) is 10.8. The van der Waals surface area contributed by atoms with Gasteiger partial charge in [-0.25, -0.2) is 0 Å². The fourth-order valence-electron chi connectivity index (χ4n) is 8.79. The van der Waals surface area contributed by atoms with Crippen molar-refractivity contribution in [1.29, 1.82) is 0 Å². The van der Waals surface area contributed by atoms with Gasteiger partial charge in [-0.1, -0.05) is 53.2 Å². The van der Waals surface area contributed by atoms with Crippen LogP contribution in [0.3, 0.4) is 0 Å². The SMILES string of the molecule is CC(C)[C@@H](O)CC[C@@H](C)[C@H]1CC[C@H]2[C@@H]3CC=C4C[C@@H](C)CC[C@]4(C)[C@H]3CC[C@]12C. The maximum atomic E-state index is 10.3. The van der Waals surface area contributed by atoms with Crippen LogP contribution in [0.4, 0.5) is 0 Å². The summed E-state index contributed by atoms with van der Waals surface area (Å²) >= 11 is 0. The molecule has 0 amide bonds. The molecule has 29 heavy (non-hydrogen) atoms. The fourth-order valence-corrected chi connectivity index (χ4v) is 8.79. The van der Waals surface area contributed by atoms with Crippen molar-refractivity contribution in [2.24, 2.45) is 52.3 Å². The molecule has 0 heterocycles. The van der Waals surface area contributed by atoms with Gasteiger partial charge in [-0.2, -0.15) is 0 Å². The Balaban J connectivity index is 1.49. The minimum atomic E-state index is -0.117. The lowest BCUT2D eigenvalue weighted by atomic mass is 9.46. The first kappa shape index (κ1) is 21.9. The highest BCUT2D eigenvalue weighted by molar-refractivity contribution is 5.25. The second kappa shape index (κ2) is 7.99. The molecular formula is C28H48O. The van der Waals surface area contributed by atoms with Crippen molar-refractivity contribution in [2.45, 2.75) is 112 Å². The average Bonchev–Trinajstić information content (AvgIpc) is 3.03. The topological polar surface area (TPSA) is 20.2 Å². The maximum Gasteiger partial charge on any atom is 0.0563 e. The van der Waals surface area contributed by atoms with Crippen LogP contribution in [-0.4, -0.2) is 11.2 Å². The second-order valence-electron chi connectivity index (χ2n) is 12.7. The van der Waals surface area contributed by atoms with E-state index in [1.807, 2.05) is 5.57 Å². The maximum absolute atomic E-state index is 10.3. The first-order valence-corrected chi connectivity index (χ1v) is 13.0. The number of hydrogen-bond donors (Lipinski definition) is 1. The number of aliphatic hydroxyl groups excluding tert-OH is 1. The molecule has 0 aliphatic heterocycles. The monoisotopic (exact) mass is 400 g/mol. The molecule has 1 nitrogen and oxygen atoms in total. The lowest BCUT2D eigenvalue weighted by molar-refractivity contribution is -0.0530. The van der Waals surface area contributed by atoms with Crippen molar-refractivity contribution in [1.82, 2.24) is 0 Å². The predicted molar refractivity (Wildman–Crippen MR) is 124 cm³/mol. The lowest BCUT2D eigenvalue weighted by Gasteiger charge is -2.58. The average molecular weight is 401 g/mol. The molecule has 9 atom stereocenters. The molecule has 0 aromatic carbocycles. The lowest BCUT2D eigenvalue weighted by Crippen LogP contribution is -2.50. The minimum Gasteiger partial charge on any atom is -0.393 e. The Morgan fingerprint density at radius 1 is 1.00 bits per heavy atom. The summed E-state index contributed by atoms with van der Waals surface area (Å²) < 4.78 is 0. The van der Waals surface area contributed by atoms with Crippen LogP contribution in [0, 0.1) is 52.3 Å². The van der Waals surface area contributed by atoms with Gasteiger partial charge in [-0.15, -0.1) is 0 Å². The van der Waals surface area contributed by atoms with Crippen LogP contribution in [-0.2, 0) is 0 Å². The van der Waals surface area contributed by atoms with E-state index < -0.39 is 0 Å². The molecule has 0 spiro atoms. The van der Waals surface area contributed by atoms with Crippen molar-refractivity contribution in [3.8, 4) is 0 Å². The highest BCUT2D eigenvalue weighted by atomic mass is 16.3. The third-order valence-electron chi connectivity index (χ3n) is 10.8. The largest absolute Gasteiger partial charge is 0.393 e. The van der Waals surface area contributed by atoms with E-state index in [9.17, 15) is 5.11 Å². The van der Waals surface area contributed by atoms with Crippen molar-refractivity contribution in [3.05, 3.63) is 11.6 Å². The normalized spacial score (nSPS) is 46.5. The summed E-state index contributed by atoms with van der Waals surface area (Å²) in [6.07, 6.45) is 16.3. The van der Waals surface area contributed by atoms with Crippen LogP contribution < -0.4 is 0 Å². The predicted octanol–water partition coefficient (Wildman–Crippen LogP) is 7.63. The summed E-state index contributed by atoms with van der Waals surface area (Å²) in [6, 6.07) is 0. The zero-order valence-corrected chi connectivity index (χ0v) is 20.2. The molecule has 166 valence electrons. The molecule has 1 heteroatoms. The van der Waals surface area contributed by atoms with Gasteiger partial charge in [-0.3, -0.25) is 0 Å². The quantitative estimate of drug-likeness (QED) is 0.470. The number of allylic oxidation sites excluding steroid dienone is 2. The Bertz CT molecular complexity index is 620. The van der Waals surface area contributed by atoms with E-state index >= 15 is 0 Å². The minimum absolute atomic E-state index is 0.117. The summed E-state index contributed by atoms with van der Waals surface area (Å²) in [5, 5.41) is 10.3. The standard InChI is InChI=1S/C28H48O/c1-18(2)26(29)12-7-20(4)23-10-11-24-22-9-8-21-17-19(3)13-15-27(21,5)25(22)14-16-28(23,24)6/h8,18-20,22-26,29H,7,9-17H2,1-6H3/t19-,20+,22-,23+,24-,25-,26-,27-,28+/m0/s1. The van der Waals surface area contributed by atoms with Crippen molar-refractivity contribution < 1.29 is 5.11 Å². The molecule has 3 saturated carbocycles. The van der Waals surface area contributed by atoms with Crippen LogP contribution in [0.2, 0.25) is 0 Å². The number of aliphatic hydroxyl groups is 1. The number of fused-ring (bicyclic) bond motifs is 5. The van der Waals surface area contributed by atoms with E-state index in [1.165, 1.54) is 57.8 Å². The first-order valence-electron chi connectivity index (χ1n) is 13.0. The smallest absolute Gasteiger partial charge is 0.0563 e. The van der Waals surface area contributed by atoms with Gasteiger partial charge in [0.25, 0.3) is 0 Å². The van der Waals surface area contributed by atoms with Gasteiger partial charge < -0.3 is 5.11 Å². The third kappa shape index (κ3) is 3.66. The van der Waals surface area contributed by atoms with Crippen LogP contribution in [0.15, 0.2) is 11.6 Å². The molecular weight excluding hydrogens is 352 g/mol. The number of rotatable bonds is 5. The first-order chi connectivity index (χ1) is 13.7. The van der Waals surface area contributed by atoms with Crippen molar-refractivity contribution in [3.63, 3.8) is 0 Å². The molecule has 4 aliphatic carbocycles. The van der Waals surface area contributed by atoms with Crippen LogP contribution in [0.5, 0.6) is 0 Å². The fraction of sp³-hybridized carbons (Fsp3) is 0.929. The van der Waals surface area contributed by atoms with Gasteiger partial charge in [0.15, 0.2) is 0 Å². The van der Waals surface area contributed by atoms with E-state index in [0.717, 1.165) is 41.9 Å². The van der Waals surface area contributed by atoms with Crippen molar-refractivity contribution >= 4 is 0 Å². The molecule has 0 saturated heterocycles. The zero-order chi connectivity index (χ0) is 21.0. The van der Waals surface area contributed by atoms with Crippen LogP contribution in [0.1, 0.15) is 106 Å². The molecule has 3 fully saturated rings. The van der Waals surface area contributed by atoms with Crippen LogP contribution in [0.25, 0.3) is 0 Å². The summed E-state index contributed by atoms with van der Waals surface area (Å²) in [4.78, 5) is 0. The summed E-state index contributed by atoms with van der Waals surface area (Å²) in [7, 11) is 0. The molecule has 1 N–H and O–H groups in total. The summed E-state index contributed by atoms with van der Waals surface area (Å²) in [5.74, 6) is 5.76. The molecule has 0 aromatic heterocycles.